The molecule has 0 rings (SSSR count). The molecular weight excluding hydrogens is 1220 g/mol. The first-order valence-electron chi connectivity index (χ1n) is 39.3. The number of nitrogens with two attached hydrogens (primary N) is 1. The molecule has 0 saturated heterocycles. The quantitative estimate of drug-likeness (QED) is 0.0264. The molecule has 0 aliphatic heterocycles. The molecule has 97 heavy (non-hydrogen) atoms. The summed E-state index contributed by atoms with van der Waals surface area (Å²) in [4.78, 5) is 35.4. The summed E-state index contributed by atoms with van der Waals surface area (Å²) in [5, 5.41) is 0. The largest absolute Gasteiger partial charge is 0.472 e. The summed E-state index contributed by atoms with van der Waals surface area (Å²) in [7, 11) is -4.42. The Kier molecular flexibility index (Phi) is 76.1. The average Bonchev–Trinajstić information content (AvgIpc) is 2.88. The maximum Gasteiger partial charge on any atom is 0.472 e. The number of unbranched alkanes of at least 4 members (excludes halogenated alkanes) is 29. The lowest BCUT2D eigenvalue weighted by molar-refractivity contribution is -0.161. The van der Waals surface area contributed by atoms with Crippen LogP contribution in [0.4, 0.5) is 0 Å². The lowest BCUT2D eigenvalue weighted by Crippen LogP contribution is -2.29. The highest BCUT2D eigenvalue weighted by molar-refractivity contribution is 7.47. The first kappa shape index (κ1) is 92.1. The molecule has 0 aliphatic carbocycles. The number of carbonyl (C=O) groups is 2. The topological polar surface area (TPSA) is 134 Å². The molecule has 9 nitrogen and oxygen atoms in total. The zero-order valence-corrected chi connectivity index (χ0v) is 62.9. The highest BCUT2D eigenvalue weighted by atomic mass is 31.2. The van der Waals surface area contributed by atoms with E-state index in [1.807, 2.05) is 0 Å². The van der Waals surface area contributed by atoms with Crippen molar-refractivity contribution in [2.75, 3.05) is 26.4 Å². The van der Waals surface area contributed by atoms with Gasteiger partial charge < -0.3 is 20.1 Å². The van der Waals surface area contributed by atoms with Gasteiger partial charge in [0.15, 0.2) is 6.10 Å². The second kappa shape index (κ2) is 80.1. The molecule has 0 aromatic heterocycles. The number of hydrogen-bond donors (Lipinski definition) is 2. The van der Waals surface area contributed by atoms with Gasteiger partial charge in [-0.2, -0.15) is 0 Å². The fourth-order valence-electron chi connectivity index (χ4n) is 10.5. The molecule has 0 aliphatic rings. The second-order valence-electron chi connectivity index (χ2n) is 25.5. The van der Waals surface area contributed by atoms with Gasteiger partial charge in [-0.3, -0.25) is 18.6 Å². The Balaban J connectivity index is 3.96. The number of phosphoric ester groups is 1. The van der Waals surface area contributed by atoms with Crippen molar-refractivity contribution in [2.24, 2.45) is 5.73 Å². The molecule has 2 unspecified atom stereocenters. The first-order valence-corrected chi connectivity index (χ1v) is 40.8. The van der Waals surface area contributed by atoms with Crippen molar-refractivity contribution in [1.29, 1.82) is 0 Å². The predicted molar refractivity (Wildman–Crippen MR) is 422 cm³/mol. The summed E-state index contributed by atoms with van der Waals surface area (Å²) < 4.78 is 33.2. The number of phosphoric acid groups is 1. The monoisotopic (exact) mass is 1360 g/mol. The van der Waals surface area contributed by atoms with Crippen LogP contribution in [0, 0.1) is 0 Å². The normalized spacial score (nSPS) is 13.9. The van der Waals surface area contributed by atoms with Crippen molar-refractivity contribution in [3.05, 3.63) is 182 Å². The molecule has 0 heterocycles. The van der Waals surface area contributed by atoms with Crippen LogP contribution in [-0.2, 0) is 32.7 Å². The standard InChI is InChI=1S/C87H144NO8P/c1-3-5-7-9-11-13-15-17-19-21-23-25-27-29-31-33-35-37-39-41-42-44-46-48-50-52-54-56-58-60-62-64-66-68-70-72-74-76-78-80-87(90)96-85(84-95-97(91,92)94-82-81-88)83-93-86(89)79-77-75-73-71-69-67-65-63-61-59-57-55-53-51-49-47-45-43-40-38-36-34-32-30-28-26-24-22-20-18-16-14-12-10-8-6-4-2/h5,7,11,13,16-19,22-25,28-31,35,37,41-42,46,48,52,54,58,60,64,66,70,72,85H,3-4,6,8-10,12,14-15,20-21,26-27,32-34,36,38-40,43-45,47,49-51,53,55-57,59,61-63,65,67-69,71,73-84,88H2,1-2H3,(H,91,92)/b7-5-,13-11-,18-16-,19-17-,24-22-,25-23-,30-28-,31-29-,37-35-,42-41-,48-46-,54-52-,60-58-,66-64-,72-70-. The molecule has 2 atom stereocenters. The van der Waals surface area contributed by atoms with Gasteiger partial charge in [-0.15, -0.1) is 0 Å². The van der Waals surface area contributed by atoms with Gasteiger partial charge in [0.25, 0.3) is 0 Å². The average molecular weight is 1360 g/mol. The van der Waals surface area contributed by atoms with Crippen LogP contribution in [-0.4, -0.2) is 49.3 Å². The minimum atomic E-state index is -4.42. The van der Waals surface area contributed by atoms with Crippen molar-refractivity contribution >= 4 is 19.8 Å². The van der Waals surface area contributed by atoms with Crippen LogP contribution in [0.1, 0.15) is 322 Å². The first-order chi connectivity index (χ1) is 47.8. The molecular formula is C87H144NO8P. The van der Waals surface area contributed by atoms with Crippen LogP contribution in [0.3, 0.4) is 0 Å². The number of rotatable bonds is 72. The fourth-order valence-corrected chi connectivity index (χ4v) is 11.3. The molecule has 0 aromatic carbocycles. The van der Waals surface area contributed by atoms with Crippen LogP contribution in [0.2, 0.25) is 0 Å². The summed E-state index contributed by atoms with van der Waals surface area (Å²) >= 11 is 0. The van der Waals surface area contributed by atoms with E-state index in [0.717, 1.165) is 122 Å². The minimum Gasteiger partial charge on any atom is -0.462 e. The number of hydrogen-bond acceptors (Lipinski definition) is 8. The van der Waals surface area contributed by atoms with Crippen molar-refractivity contribution in [1.82, 2.24) is 0 Å². The number of carbonyl (C=O) groups excluding carboxylic acids is 2. The van der Waals surface area contributed by atoms with Crippen molar-refractivity contribution in [3.63, 3.8) is 0 Å². The summed E-state index contributed by atoms with van der Waals surface area (Å²) in [5.74, 6) is -0.881. The molecule has 0 radical (unpaired) electrons. The molecule has 550 valence electrons. The van der Waals surface area contributed by atoms with Gasteiger partial charge in [0.05, 0.1) is 13.2 Å². The van der Waals surface area contributed by atoms with E-state index in [0.29, 0.717) is 6.42 Å². The molecule has 0 saturated carbocycles. The Labute approximate surface area is 596 Å². The van der Waals surface area contributed by atoms with Crippen molar-refractivity contribution in [3.8, 4) is 0 Å². The van der Waals surface area contributed by atoms with Crippen LogP contribution in [0.25, 0.3) is 0 Å². The van der Waals surface area contributed by atoms with Crippen LogP contribution < -0.4 is 5.73 Å². The molecule has 0 aromatic rings. The summed E-state index contributed by atoms with van der Waals surface area (Å²) in [6.45, 7) is 3.58. The third-order valence-corrected chi connectivity index (χ3v) is 17.3. The van der Waals surface area contributed by atoms with E-state index < -0.39 is 32.5 Å². The van der Waals surface area contributed by atoms with Gasteiger partial charge >= 0.3 is 19.8 Å². The second-order valence-corrected chi connectivity index (χ2v) is 26.9. The Hall–Kier alpha value is -4.89. The zero-order valence-electron chi connectivity index (χ0n) is 62.0. The van der Waals surface area contributed by atoms with Crippen LogP contribution >= 0.6 is 7.82 Å². The van der Waals surface area contributed by atoms with Gasteiger partial charge in [0.1, 0.15) is 6.61 Å². The zero-order chi connectivity index (χ0) is 70.0. The van der Waals surface area contributed by atoms with E-state index in [1.54, 1.807) is 0 Å². The molecule has 0 spiro atoms. The van der Waals surface area contributed by atoms with Crippen molar-refractivity contribution in [2.45, 2.75) is 328 Å². The predicted octanol–water partition coefficient (Wildman–Crippen LogP) is 26.6. The van der Waals surface area contributed by atoms with Crippen LogP contribution in [0.5, 0.6) is 0 Å². The lowest BCUT2D eigenvalue weighted by Gasteiger charge is -2.19. The molecule has 0 fully saturated rings. The van der Waals surface area contributed by atoms with E-state index >= 15 is 0 Å². The summed E-state index contributed by atoms with van der Waals surface area (Å²) in [6.07, 6.45) is 120. The maximum atomic E-state index is 12.8. The maximum absolute atomic E-state index is 12.8. The van der Waals surface area contributed by atoms with Gasteiger partial charge in [-0.05, 0) is 141 Å². The molecule has 3 N–H and O–H groups in total. The van der Waals surface area contributed by atoms with E-state index in [1.165, 1.54) is 167 Å². The molecule has 10 heteroatoms. The third kappa shape index (κ3) is 80.0. The van der Waals surface area contributed by atoms with E-state index in [4.69, 9.17) is 24.3 Å². The SMILES string of the molecule is CC/C=C\C/C=C\C/C=C\C/C=C\C/C=C\C/C=C\C/C=C\C/C=C\C/C=C\C/C=C\C/C=C\C/C=C\CCCCC(=O)OC(COC(=O)CCCCCCCCCCCCCCCCCCCCCCCC/C=C\C/C=C\C/C=C\CCCCCCC)COP(=O)(O)OCCN. The highest BCUT2D eigenvalue weighted by Gasteiger charge is 2.26. The van der Waals surface area contributed by atoms with Gasteiger partial charge in [-0.25, -0.2) is 4.57 Å². The van der Waals surface area contributed by atoms with E-state index in [9.17, 15) is 19.0 Å². The number of allylic oxidation sites excluding steroid dienone is 30. The van der Waals surface area contributed by atoms with Crippen molar-refractivity contribution < 1.29 is 37.6 Å². The van der Waals surface area contributed by atoms with Crippen LogP contribution in [0.15, 0.2) is 182 Å². The smallest absolute Gasteiger partial charge is 0.462 e. The highest BCUT2D eigenvalue weighted by Crippen LogP contribution is 2.43. The number of esters is 2. The lowest BCUT2D eigenvalue weighted by atomic mass is 10.0. The Morgan fingerprint density at radius 3 is 0.866 bits per heavy atom. The van der Waals surface area contributed by atoms with Gasteiger partial charge in [0, 0.05) is 19.4 Å². The summed E-state index contributed by atoms with van der Waals surface area (Å²) in [6, 6.07) is 0. The van der Waals surface area contributed by atoms with E-state index in [-0.39, 0.29) is 32.6 Å². The Morgan fingerprint density at radius 1 is 0.320 bits per heavy atom. The van der Waals surface area contributed by atoms with E-state index in [2.05, 4.69) is 196 Å². The Morgan fingerprint density at radius 2 is 0.567 bits per heavy atom. The van der Waals surface area contributed by atoms with Gasteiger partial charge in [0.2, 0.25) is 0 Å². The van der Waals surface area contributed by atoms with Gasteiger partial charge in [-0.1, -0.05) is 350 Å². The minimum absolute atomic E-state index is 0.0382. The number of ether oxygens (including phenoxy) is 2. The third-order valence-electron chi connectivity index (χ3n) is 16.3. The molecule has 0 bridgehead atoms. The fraction of sp³-hybridized carbons (Fsp3) is 0.632. The Bertz CT molecular complexity index is 2250. The molecule has 0 amide bonds. The summed E-state index contributed by atoms with van der Waals surface area (Å²) in [5.41, 5.74) is 5.41.